The van der Waals surface area contributed by atoms with Crippen molar-refractivity contribution >= 4 is 45.4 Å². The number of rotatable bonds is 6. The molecule has 1 amide bonds. The van der Waals surface area contributed by atoms with Crippen LogP contribution in [0.3, 0.4) is 0 Å². The molecule has 1 unspecified atom stereocenters. The first-order valence-electron chi connectivity index (χ1n) is 7.57. The summed E-state index contributed by atoms with van der Waals surface area (Å²) in [7, 11) is 0. The fourth-order valence-corrected chi connectivity index (χ4v) is 3.99. The highest BCUT2D eigenvalue weighted by Gasteiger charge is 2.24. The number of benzene rings is 1. The maximum Gasteiger partial charge on any atom is 0.238 e. The van der Waals surface area contributed by atoms with Crippen LogP contribution in [0.4, 0.5) is 5.69 Å². The van der Waals surface area contributed by atoms with Gasteiger partial charge in [-0.3, -0.25) is 4.79 Å². The molecule has 0 fully saturated rings. The Morgan fingerprint density at radius 1 is 1.29 bits per heavy atom. The second kappa shape index (κ2) is 8.08. The van der Waals surface area contributed by atoms with Gasteiger partial charge >= 0.3 is 0 Å². The monoisotopic (exact) mass is 355 g/mol. The maximum absolute atomic E-state index is 12.5. The molecule has 122 valence electrons. The molecule has 0 spiro atoms. The van der Waals surface area contributed by atoms with Crippen molar-refractivity contribution in [1.29, 1.82) is 0 Å². The molecule has 1 aliphatic heterocycles. The van der Waals surface area contributed by atoms with Crippen LogP contribution in [-0.4, -0.2) is 21.9 Å². The average Bonchev–Trinajstić information content (AvgIpc) is 3.26. The van der Waals surface area contributed by atoms with Gasteiger partial charge in [-0.1, -0.05) is 42.1 Å². The third-order valence-electron chi connectivity index (χ3n) is 3.40. The molecule has 2 aromatic rings. The summed E-state index contributed by atoms with van der Waals surface area (Å²) in [6.45, 7) is 3.76. The third kappa shape index (κ3) is 4.21. The number of thiophene rings is 1. The van der Waals surface area contributed by atoms with Crippen molar-refractivity contribution in [1.82, 2.24) is 0 Å². The van der Waals surface area contributed by atoms with E-state index in [1.54, 1.807) is 17.4 Å². The van der Waals surface area contributed by atoms with Gasteiger partial charge in [0.15, 0.2) is 0 Å². The van der Waals surface area contributed by atoms with Crippen LogP contribution in [0.2, 0.25) is 0 Å². The summed E-state index contributed by atoms with van der Waals surface area (Å²) >= 11 is 3.11. The first-order chi connectivity index (χ1) is 11.8. The van der Waals surface area contributed by atoms with Gasteiger partial charge < -0.3 is 5.32 Å². The highest BCUT2D eigenvalue weighted by molar-refractivity contribution is 8.15. The van der Waals surface area contributed by atoms with Crippen molar-refractivity contribution in [2.75, 3.05) is 5.32 Å². The summed E-state index contributed by atoms with van der Waals surface area (Å²) in [5, 5.41) is 14.1. The van der Waals surface area contributed by atoms with Crippen LogP contribution >= 0.6 is 23.1 Å². The fraction of sp³-hybridized carbons (Fsp3) is 0.167. The average molecular weight is 355 g/mol. The van der Waals surface area contributed by atoms with Crippen LogP contribution in [0, 0.1) is 0 Å². The minimum Gasteiger partial charge on any atom is -0.325 e. The highest BCUT2D eigenvalue weighted by atomic mass is 32.2. The van der Waals surface area contributed by atoms with Gasteiger partial charge in [-0.05, 0) is 30.0 Å². The molecule has 0 aliphatic carbocycles. The van der Waals surface area contributed by atoms with E-state index in [-0.39, 0.29) is 11.2 Å². The minimum absolute atomic E-state index is 0.0432. The molecule has 1 N–H and O–H groups in total. The lowest BCUT2D eigenvalue weighted by Crippen LogP contribution is -2.26. The van der Waals surface area contributed by atoms with Crippen LogP contribution in [-0.2, 0) is 4.79 Å². The Hall–Kier alpha value is -2.18. The van der Waals surface area contributed by atoms with Crippen molar-refractivity contribution < 1.29 is 4.79 Å². The smallest absolute Gasteiger partial charge is 0.238 e. The van der Waals surface area contributed by atoms with Gasteiger partial charge in [0.25, 0.3) is 0 Å². The number of carbonyl (C=O) groups excluding carboxylic acids is 1. The third-order valence-corrected chi connectivity index (χ3v) is 5.51. The van der Waals surface area contributed by atoms with Gasteiger partial charge in [-0.25, -0.2) is 0 Å². The number of allylic oxidation sites excluding steroid dienone is 1. The number of thioether (sulfide) groups is 1. The Labute approximate surface area is 149 Å². The predicted molar refractivity (Wildman–Crippen MR) is 104 cm³/mol. The second-order valence-corrected chi connectivity index (χ2v) is 7.40. The standard InChI is InChI=1S/C18H17N3OS2/c1-2-7-16(18(22)19-13-8-4-3-5-9-13)24-17-12-14(20-21-17)15-10-6-11-23-15/h2-6,8-11,16H,1,7,12H2,(H,19,22). The van der Waals surface area contributed by atoms with Gasteiger partial charge in [-0.2, -0.15) is 5.10 Å². The van der Waals surface area contributed by atoms with Crippen LogP contribution in [0.25, 0.3) is 0 Å². The van der Waals surface area contributed by atoms with Crippen LogP contribution in [0.1, 0.15) is 17.7 Å². The predicted octanol–water partition coefficient (Wildman–Crippen LogP) is 4.57. The van der Waals surface area contributed by atoms with Crippen LogP contribution in [0.5, 0.6) is 0 Å². The zero-order valence-electron chi connectivity index (χ0n) is 13.0. The summed E-state index contributed by atoms with van der Waals surface area (Å²) in [6, 6.07) is 13.5. The fourth-order valence-electron chi connectivity index (χ4n) is 2.24. The first-order valence-corrected chi connectivity index (χ1v) is 9.33. The molecule has 6 heteroatoms. The quantitative estimate of drug-likeness (QED) is 0.772. The van der Waals surface area contributed by atoms with E-state index in [4.69, 9.17) is 0 Å². The summed E-state index contributed by atoms with van der Waals surface area (Å²) in [5.74, 6) is -0.0432. The van der Waals surface area contributed by atoms with E-state index in [0.29, 0.717) is 12.8 Å². The lowest BCUT2D eigenvalue weighted by molar-refractivity contribution is -0.115. The molecule has 0 saturated heterocycles. The zero-order chi connectivity index (χ0) is 16.8. The van der Waals surface area contributed by atoms with E-state index in [1.807, 2.05) is 47.8 Å². The molecule has 1 aromatic heterocycles. The van der Waals surface area contributed by atoms with Crippen molar-refractivity contribution in [3.63, 3.8) is 0 Å². The molecule has 0 radical (unpaired) electrons. The van der Waals surface area contributed by atoms with Crippen molar-refractivity contribution in [3.8, 4) is 0 Å². The number of carbonyl (C=O) groups is 1. The van der Waals surface area contributed by atoms with Crippen molar-refractivity contribution in [3.05, 3.63) is 65.4 Å². The number of amides is 1. The number of hydrogen-bond acceptors (Lipinski definition) is 5. The van der Waals surface area contributed by atoms with Gasteiger partial charge in [0, 0.05) is 12.1 Å². The molecule has 1 atom stereocenters. The lowest BCUT2D eigenvalue weighted by atomic mass is 10.2. The van der Waals surface area contributed by atoms with Gasteiger partial charge in [0.05, 0.1) is 15.8 Å². The van der Waals surface area contributed by atoms with Crippen LogP contribution < -0.4 is 5.32 Å². The molecular formula is C18H17N3OS2. The number of anilines is 1. The topological polar surface area (TPSA) is 53.8 Å². The largest absolute Gasteiger partial charge is 0.325 e. The lowest BCUT2D eigenvalue weighted by Gasteiger charge is -2.14. The molecule has 1 aliphatic rings. The van der Waals surface area contributed by atoms with Gasteiger partial charge in [-0.15, -0.1) is 23.0 Å². The number of hydrogen-bond donors (Lipinski definition) is 1. The molecule has 2 heterocycles. The van der Waals surface area contributed by atoms with E-state index in [9.17, 15) is 4.79 Å². The summed E-state index contributed by atoms with van der Waals surface area (Å²) < 4.78 is 0. The maximum atomic E-state index is 12.5. The van der Waals surface area contributed by atoms with Crippen molar-refractivity contribution in [2.45, 2.75) is 18.1 Å². The molecular weight excluding hydrogens is 338 g/mol. The Morgan fingerprint density at radius 2 is 2.12 bits per heavy atom. The zero-order valence-corrected chi connectivity index (χ0v) is 14.6. The SMILES string of the molecule is C=CCC(SC1=NN=C(c2cccs2)C1)C(=O)Nc1ccccc1. The Kier molecular flexibility index (Phi) is 5.61. The number of nitrogens with zero attached hydrogens (tertiary/aromatic N) is 2. The van der Waals surface area contributed by atoms with Crippen molar-refractivity contribution in [2.24, 2.45) is 10.2 Å². The van der Waals surface area contributed by atoms with E-state index < -0.39 is 0 Å². The molecule has 1 aromatic carbocycles. The molecule has 4 nitrogen and oxygen atoms in total. The first kappa shape index (κ1) is 16.7. The molecule has 0 bridgehead atoms. The number of para-hydroxylation sites is 1. The van der Waals surface area contributed by atoms with E-state index >= 15 is 0 Å². The normalized spacial score (nSPS) is 14.7. The summed E-state index contributed by atoms with van der Waals surface area (Å²) in [4.78, 5) is 13.7. The molecule has 24 heavy (non-hydrogen) atoms. The van der Waals surface area contributed by atoms with Gasteiger partial charge in [0.1, 0.15) is 5.04 Å². The summed E-state index contributed by atoms with van der Waals surface area (Å²) in [6.07, 6.45) is 3.02. The van der Waals surface area contributed by atoms with Crippen LogP contribution in [0.15, 0.2) is 70.7 Å². The van der Waals surface area contributed by atoms with E-state index in [1.165, 1.54) is 11.8 Å². The minimum atomic E-state index is -0.264. The summed E-state index contributed by atoms with van der Waals surface area (Å²) in [5.41, 5.74) is 1.76. The highest BCUT2D eigenvalue weighted by Crippen LogP contribution is 2.26. The number of nitrogens with one attached hydrogen (secondary N) is 1. The Morgan fingerprint density at radius 3 is 2.83 bits per heavy atom. The Balaban J connectivity index is 1.60. The Bertz CT molecular complexity index is 767. The second-order valence-electron chi connectivity index (χ2n) is 5.18. The molecule has 0 saturated carbocycles. The van der Waals surface area contributed by atoms with Gasteiger partial charge in [0.2, 0.25) is 5.91 Å². The van der Waals surface area contributed by atoms with E-state index in [2.05, 4.69) is 22.1 Å². The molecule has 3 rings (SSSR count). The van der Waals surface area contributed by atoms with E-state index in [0.717, 1.165) is 21.3 Å².